The van der Waals surface area contributed by atoms with Crippen LogP contribution < -0.4 is 10.6 Å². The Hall–Kier alpha value is -1.01. The van der Waals surface area contributed by atoms with Crippen LogP contribution in [0.3, 0.4) is 0 Å². The number of hydrogen-bond donors (Lipinski definition) is 1. The van der Waals surface area contributed by atoms with E-state index in [2.05, 4.69) is 28.8 Å². The molecule has 0 unspecified atom stereocenters. The molecule has 2 fully saturated rings. The van der Waals surface area contributed by atoms with Gasteiger partial charge in [-0.15, -0.1) is 0 Å². The van der Waals surface area contributed by atoms with Crippen LogP contribution in [-0.2, 0) is 0 Å². The number of nitrogens with two attached hydrogens (primary N) is 1. The van der Waals surface area contributed by atoms with Crippen LogP contribution in [0.25, 0.3) is 0 Å². The van der Waals surface area contributed by atoms with Crippen molar-refractivity contribution in [2.24, 2.45) is 5.92 Å². The maximum atomic E-state index is 5.97. The molecule has 2 atom stereocenters. The van der Waals surface area contributed by atoms with Gasteiger partial charge in [0, 0.05) is 31.0 Å². The third-order valence-electron chi connectivity index (χ3n) is 4.59. The molecule has 1 aromatic heterocycles. The van der Waals surface area contributed by atoms with Gasteiger partial charge in [-0.3, -0.25) is 0 Å². The molecule has 2 saturated heterocycles. The summed E-state index contributed by atoms with van der Waals surface area (Å²) in [5, 5.41) is 0.823. The van der Waals surface area contributed by atoms with Gasteiger partial charge in [-0.05, 0) is 32.4 Å². The SMILES string of the molecule is CCCCSc1nc(N)cc(N2C[C@@H]3CCN(C)[C@@H]3C2)n1. The molecular weight excluding hydrogens is 282 g/mol. The highest BCUT2D eigenvalue weighted by molar-refractivity contribution is 7.99. The topological polar surface area (TPSA) is 58.3 Å². The van der Waals surface area contributed by atoms with Gasteiger partial charge in [0.25, 0.3) is 0 Å². The first-order valence-electron chi connectivity index (χ1n) is 7.90. The van der Waals surface area contributed by atoms with E-state index in [0.29, 0.717) is 11.9 Å². The van der Waals surface area contributed by atoms with E-state index >= 15 is 0 Å². The number of nitrogens with zero attached hydrogens (tertiary/aromatic N) is 4. The van der Waals surface area contributed by atoms with Gasteiger partial charge >= 0.3 is 0 Å². The smallest absolute Gasteiger partial charge is 0.191 e. The molecule has 0 bridgehead atoms. The summed E-state index contributed by atoms with van der Waals surface area (Å²) < 4.78 is 0. The Labute approximate surface area is 131 Å². The lowest BCUT2D eigenvalue weighted by molar-refractivity contribution is 0.310. The molecule has 6 heteroatoms. The van der Waals surface area contributed by atoms with Crippen LogP contribution in [0, 0.1) is 5.92 Å². The maximum absolute atomic E-state index is 5.97. The highest BCUT2D eigenvalue weighted by atomic mass is 32.2. The average molecular weight is 307 g/mol. The Morgan fingerprint density at radius 1 is 1.38 bits per heavy atom. The minimum atomic E-state index is 0.587. The number of fused-ring (bicyclic) bond motifs is 1. The predicted molar refractivity (Wildman–Crippen MR) is 88.8 cm³/mol. The molecule has 2 aliphatic heterocycles. The zero-order valence-electron chi connectivity index (χ0n) is 13.0. The Kier molecular flexibility index (Phi) is 4.54. The molecule has 2 aliphatic rings. The highest BCUT2D eigenvalue weighted by Crippen LogP contribution is 2.33. The number of unbranched alkanes of at least 4 members (excludes halogenated alkanes) is 1. The van der Waals surface area contributed by atoms with Crippen LogP contribution in [0.1, 0.15) is 26.2 Å². The molecular formula is C15H25N5S. The molecule has 3 heterocycles. The van der Waals surface area contributed by atoms with E-state index in [1.807, 2.05) is 6.07 Å². The van der Waals surface area contributed by atoms with Crippen molar-refractivity contribution >= 4 is 23.4 Å². The van der Waals surface area contributed by atoms with Crippen molar-refractivity contribution in [1.82, 2.24) is 14.9 Å². The van der Waals surface area contributed by atoms with Crippen molar-refractivity contribution in [3.8, 4) is 0 Å². The fourth-order valence-corrected chi connectivity index (χ4v) is 4.27. The first-order valence-corrected chi connectivity index (χ1v) is 8.88. The van der Waals surface area contributed by atoms with Crippen LogP contribution in [0.4, 0.5) is 11.6 Å². The molecule has 0 spiro atoms. The van der Waals surface area contributed by atoms with Crippen LogP contribution >= 0.6 is 11.8 Å². The van der Waals surface area contributed by atoms with Crippen molar-refractivity contribution < 1.29 is 0 Å². The van der Waals surface area contributed by atoms with E-state index in [4.69, 9.17) is 10.7 Å². The predicted octanol–water partition coefficient (Wildman–Crippen LogP) is 2.09. The number of aromatic nitrogens is 2. The largest absolute Gasteiger partial charge is 0.383 e. The molecule has 3 rings (SSSR count). The number of likely N-dealkylation sites (N-methyl/N-ethyl adjacent to an activating group) is 1. The van der Waals surface area contributed by atoms with Gasteiger partial charge < -0.3 is 15.5 Å². The van der Waals surface area contributed by atoms with Gasteiger partial charge in [0.2, 0.25) is 0 Å². The summed E-state index contributed by atoms with van der Waals surface area (Å²) in [7, 11) is 2.23. The second kappa shape index (κ2) is 6.40. The Bertz CT molecular complexity index is 495. The average Bonchev–Trinajstić information content (AvgIpc) is 3.01. The van der Waals surface area contributed by atoms with Crippen molar-refractivity contribution in [3.63, 3.8) is 0 Å². The third-order valence-corrected chi connectivity index (χ3v) is 5.52. The lowest BCUT2D eigenvalue weighted by Crippen LogP contribution is -2.32. The van der Waals surface area contributed by atoms with Crippen LogP contribution in [0.5, 0.6) is 0 Å². The van der Waals surface area contributed by atoms with E-state index in [-0.39, 0.29) is 0 Å². The number of anilines is 2. The quantitative estimate of drug-likeness (QED) is 0.511. The van der Waals surface area contributed by atoms with Crippen LogP contribution in [0.15, 0.2) is 11.2 Å². The molecule has 0 saturated carbocycles. The molecule has 0 aromatic carbocycles. The minimum Gasteiger partial charge on any atom is -0.383 e. The minimum absolute atomic E-state index is 0.587. The summed E-state index contributed by atoms with van der Waals surface area (Å²) in [6.07, 6.45) is 3.69. The first kappa shape index (κ1) is 14.9. The number of hydrogen-bond acceptors (Lipinski definition) is 6. The molecule has 5 nitrogen and oxygen atoms in total. The molecule has 1 aromatic rings. The zero-order valence-corrected chi connectivity index (χ0v) is 13.8. The molecule has 0 aliphatic carbocycles. The maximum Gasteiger partial charge on any atom is 0.191 e. The van der Waals surface area contributed by atoms with E-state index in [9.17, 15) is 0 Å². The molecule has 0 amide bonds. The van der Waals surface area contributed by atoms with Crippen molar-refractivity contribution in [2.75, 3.05) is 43.1 Å². The van der Waals surface area contributed by atoms with E-state index in [1.165, 1.54) is 25.8 Å². The van der Waals surface area contributed by atoms with E-state index in [0.717, 1.165) is 35.7 Å². The van der Waals surface area contributed by atoms with Crippen molar-refractivity contribution in [1.29, 1.82) is 0 Å². The second-order valence-corrected chi connectivity index (χ2v) is 7.20. The number of rotatable bonds is 5. The van der Waals surface area contributed by atoms with Crippen LogP contribution in [0.2, 0.25) is 0 Å². The summed E-state index contributed by atoms with van der Waals surface area (Å²) in [5.74, 6) is 3.43. The summed E-state index contributed by atoms with van der Waals surface area (Å²) in [5.41, 5.74) is 5.97. The van der Waals surface area contributed by atoms with Crippen molar-refractivity contribution in [2.45, 2.75) is 37.4 Å². The highest BCUT2D eigenvalue weighted by Gasteiger charge is 2.40. The second-order valence-electron chi connectivity index (χ2n) is 6.14. The van der Waals surface area contributed by atoms with Crippen molar-refractivity contribution in [3.05, 3.63) is 6.07 Å². The fourth-order valence-electron chi connectivity index (χ4n) is 3.32. The Morgan fingerprint density at radius 2 is 2.24 bits per heavy atom. The Balaban J connectivity index is 1.70. The van der Waals surface area contributed by atoms with Crippen LogP contribution in [-0.4, -0.2) is 53.3 Å². The standard InChI is InChI=1S/C15H25N5S/c1-3-4-7-21-15-17-13(16)8-14(18-15)20-9-11-5-6-19(2)12(11)10-20/h8,11-12H,3-7,9-10H2,1-2H3,(H2,16,17,18)/t11-,12+/m0/s1. The van der Waals surface area contributed by atoms with Gasteiger partial charge in [-0.1, -0.05) is 25.1 Å². The van der Waals surface area contributed by atoms with Gasteiger partial charge in [-0.2, -0.15) is 0 Å². The molecule has 21 heavy (non-hydrogen) atoms. The van der Waals surface area contributed by atoms with E-state index < -0.39 is 0 Å². The monoisotopic (exact) mass is 307 g/mol. The summed E-state index contributed by atoms with van der Waals surface area (Å²) in [6, 6.07) is 2.60. The number of thioether (sulfide) groups is 1. The Morgan fingerprint density at radius 3 is 3.00 bits per heavy atom. The molecule has 0 radical (unpaired) electrons. The normalized spacial score (nSPS) is 25.5. The first-order chi connectivity index (χ1) is 10.2. The lowest BCUT2D eigenvalue weighted by Gasteiger charge is -2.21. The number of likely N-dealkylation sites (tertiary alicyclic amines) is 1. The lowest BCUT2D eigenvalue weighted by atomic mass is 10.1. The fraction of sp³-hybridized carbons (Fsp3) is 0.733. The number of nitrogen functional groups attached to an aromatic ring is 1. The van der Waals surface area contributed by atoms with Gasteiger partial charge in [0.1, 0.15) is 11.6 Å². The summed E-state index contributed by atoms with van der Waals surface area (Å²) in [4.78, 5) is 13.9. The van der Waals surface area contributed by atoms with Gasteiger partial charge in [0.05, 0.1) is 0 Å². The van der Waals surface area contributed by atoms with Gasteiger partial charge in [-0.25, -0.2) is 9.97 Å². The summed E-state index contributed by atoms with van der Waals surface area (Å²) in [6.45, 7) is 5.60. The molecule has 2 N–H and O–H groups in total. The third kappa shape index (κ3) is 3.26. The van der Waals surface area contributed by atoms with E-state index in [1.54, 1.807) is 11.8 Å². The zero-order chi connectivity index (χ0) is 14.8. The molecule has 116 valence electrons. The summed E-state index contributed by atoms with van der Waals surface area (Å²) >= 11 is 1.71. The van der Waals surface area contributed by atoms with Gasteiger partial charge in [0.15, 0.2) is 5.16 Å².